The van der Waals surface area contributed by atoms with Crippen LogP contribution in [0.1, 0.15) is 52.0 Å². The lowest BCUT2D eigenvalue weighted by atomic mass is 9.85. The van der Waals surface area contributed by atoms with Crippen LogP contribution in [0.4, 0.5) is 5.82 Å². The van der Waals surface area contributed by atoms with E-state index in [1.165, 1.54) is 0 Å². The second-order valence-corrected chi connectivity index (χ2v) is 7.61. The highest BCUT2D eigenvalue weighted by molar-refractivity contribution is 6.08. The van der Waals surface area contributed by atoms with Gasteiger partial charge in [-0.1, -0.05) is 12.1 Å². The number of nitrogens with one attached hydrogen (secondary N) is 1. The van der Waals surface area contributed by atoms with Gasteiger partial charge < -0.3 is 10.1 Å². The van der Waals surface area contributed by atoms with Gasteiger partial charge in [-0.05, 0) is 69.2 Å². The van der Waals surface area contributed by atoms with Crippen molar-refractivity contribution in [3.8, 4) is 11.4 Å². The summed E-state index contributed by atoms with van der Waals surface area (Å²) >= 11 is 0. The molecule has 1 aliphatic rings. The van der Waals surface area contributed by atoms with Gasteiger partial charge in [0.05, 0.1) is 23.9 Å². The maximum atomic E-state index is 13.3. The first-order valence-electron chi connectivity index (χ1n) is 10.1. The highest BCUT2D eigenvalue weighted by Gasteiger charge is 2.36. The number of hydrogen-bond acceptors (Lipinski definition) is 4. The van der Waals surface area contributed by atoms with Gasteiger partial charge in [-0.25, -0.2) is 4.68 Å². The van der Waals surface area contributed by atoms with E-state index in [9.17, 15) is 9.59 Å². The number of rotatable bonds is 5. The monoisotopic (exact) mass is 403 g/mol. The molecule has 0 spiro atoms. The molecule has 0 unspecified atom stereocenters. The fraction of sp³-hybridized carbons (Fsp3) is 0.292. The first-order chi connectivity index (χ1) is 14.4. The Hall–Kier alpha value is -3.41. The van der Waals surface area contributed by atoms with Crippen LogP contribution in [-0.4, -0.2) is 28.1 Å². The molecule has 1 N–H and O–H groups in total. The second kappa shape index (κ2) is 7.78. The largest absolute Gasteiger partial charge is 0.494 e. The summed E-state index contributed by atoms with van der Waals surface area (Å²) in [5.41, 5.74) is 5.21. The van der Waals surface area contributed by atoms with Crippen molar-refractivity contribution in [1.29, 1.82) is 0 Å². The minimum absolute atomic E-state index is 0.0854. The van der Waals surface area contributed by atoms with Gasteiger partial charge in [0.2, 0.25) is 5.91 Å². The Morgan fingerprint density at radius 1 is 1.17 bits per heavy atom. The van der Waals surface area contributed by atoms with Gasteiger partial charge in [0.25, 0.3) is 0 Å². The highest BCUT2D eigenvalue weighted by atomic mass is 16.5. The van der Waals surface area contributed by atoms with Crippen LogP contribution in [0.15, 0.2) is 42.5 Å². The van der Waals surface area contributed by atoms with Gasteiger partial charge in [0.1, 0.15) is 11.6 Å². The molecule has 2 aromatic carbocycles. The standard InChI is InChI=1S/C24H25N3O3/c1-5-30-18-11-9-17(10-12-18)23(29)19-13-21(28)25-24-22(19)16(4)26-27(24)20-8-6-7-14(2)15(20)3/h6-12,19H,5,13H2,1-4H3,(H,25,28)/t19-/m1/s1. The number of benzene rings is 2. The zero-order valence-corrected chi connectivity index (χ0v) is 17.7. The van der Waals surface area contributed by atoms with Crippen LogP contribution in [-0.2, 0) is 4.79 Å². The Morgan fingerprint density at radius 3 is 2.60 bits per heavy atom. The van der Waals surface area contributed by atoms with Crippen LogP contribution >= 0.6 is 0 Å². The molecule has 0 saturated carbocycles. The molecular formula is C24H25N3O3. The Morgan fingerprint density at radius 2 is 1.90 bits per heavy atom. The summed E-state index contributed by atoms with van der Waals surface area (Å²) in [6.07, 6.45) is 0.110. The number of carbonyl (C=O) groups is 2. The smallest absolute Gasteiger partial charge is 0.226 e. The first kappa shape index (κ1) is 19.9. The molecule has 0 saturated heterocycles. The molecule has 1 amide bonds. The summed E-state index contributed by atoms with van der Waals surface area (Å²) in [6, 6.07) is 13.1. The molecule has 0 bridgehead atoms. The minimum atomic E-state index is -0.564. The van der Waals surface area contributed by atoms with E-state index in [2.05, 4.69) is 5.32 Å². The zero-order chi connectivity index (χ0) is 21.4. The fourth-order valence-electron chi connectivity index (χ4n) is 3.99. The van der Waals surface area contributed by atoms with Crippen LogP contribution in [0.3, 0.4) is 0 Å². The lowest BCUT2D eigenvalue weighted by Gasteiger charge is -2.23. The van der Waals surface area contributed by atoms with Crippen LogP contribution in [0.25, 0.3) is 5.69 Å². The van der Waals surface area contributed by atoms with E-state index in [1.54, 1.807) is 28.9 Å². The van der Waals surface area contributed by atoms with Crippen molar-refractivity contribution in [1.82, 2.24) is 9.78 Å². The summed E-state index contributed by atoms with van der Waals surface area (Å²) in [4.78, 5) is 25.9. The molecule has 1 aromatic heterocycles. The topological polar surface area (TPSA) is 73.2 Å². The number of anilines is 1. The molecule has 154 valence electrons. The van der Waals surface area contributed by atoms with Crippen molar-refractivity contribution < 1.29 is 14.3 Å². The SMILES string of the molecule is CCOc1ccc(C(=O)[C@@H]2CC(=O)Nc3c2c(C)nn3-c2cccc(C)c2C)cc1. The lowest BCUT2D eigenvalue weighted by Crippen LogP contribution is -2.28. The van der Waals surface area contributed by atoms with Gasteiger partial charge in [-0.3, -0.25) is 9.59 Å². The predicted octanol–water partition coefficient (Wildman–Crippen LogP) is 4.50. The number of ketones is 1. The Labute approximate surface area is 175 Å². The third kappa shape index (κ3) is 3.38. The van der Waals surface area contributed by atoms with Gasteiger partial charge in [0.15, 0.2) is 5.78 Å². The fourth-order valence-corrected chi connectivity index (χ4v) is 3.99. The van der Waals surface area contributed by atoms with Gasteiger partial charge >= 0.3 is 0 Å². The van der Waals surface area contributed by atoms with E-state index < -0.39 is 5.92 Å². The summed E-state index contributed by atoms with van der Waals surface area (Å²) in [7, 11) is 0. The number of aryl methyl sites for hydroxylation is 2. The van der Waals surface area contributed by atoms with E-state index in [0.717, 1.165) is 33.8 Å². The van der Waals surface area contributed by atoms with Crippen LogP contribution < -0.4 is 10.1 Å². The summed E-state index contributed by atoms with van der Waals surface area (Å²) < 4.78 is 7.22. The number of carbonyl (C=O) groups excluding carboxylic acids is 2. The molecule has 0 aliphatic carbocycles. The molecule has 1 atom stereocenters. The van der Waals surface area contributed by atoms with Crippen molar-refractivity contribution in [2.75, 3.05) is 11.9 Å². The summed E-state index contributed by atoms with van der Waals surface area (Å²) in [6.45, 7) is 8.43. The number of hydrogen-bond donors (Lipinski definition) is 1. The zero-order valence-electron chi connectivity index (χ0n) is 17.7. The Kier molecular flexibility index (Phi) is 5.16. The quantitative estimate of drug-likeness (QED) is 0.637. The number of fused-ring (bicyclic) bond motifs is 1. The van der Waals surface area contributed by atoms with Crippen molar-refractivity contribution in [3.63, 3.8) is 0 Å². The number of Topliss-reactive ketones (excluding diaryl/α,β-unsaturated/α-hetero) is 1. The summed E-state index contributed by atoms with van der Waals surface area (Å²) in [5.74, 6) is 0.471. The van der Waals surface area contributed by atoms with Crippen LogP contribution in [0.2, 0.25) is 0 Å². The third-order valence-electron chi connectivity index (χ3n) is 5.67. The highest BCUT2D eigenvalue weighted by Crippen LogP contribution is 2.39. The lowest BCUT2D eigenvalue weighted by molar-refractivity contribution is -0.116. The first-order valence-corrected chi connectivity index (χ1v) is 10.1. The molecule has 6 nitrogen and oxygen atoms in total. The average Bonchev–Trinajstić information content (AvgIpc) is 3.06. The molecule has 4 rings (SSSR count). The van der Waals surface area contributed by atoms with Gasteiger partial charge in [0, 0.05) is 17.5 Å². The van der Waals surface area contributed by atoms with E-state index in [1.807, 2.05) is 45.9 Å². The average molecular weight is 403 g/mol. The summed E-state index contributed by atoms with van der Waals surface area (Å²) in [5, 5.41) is 7.64. The van der Waals surface area contributed by atoms with Crippen molar-refractivity contribution in [2.45, 2.75) is 40.0 Å². The van der Waals surface area contributed by atoms with E-state index in [4.69, 9.17) is 9.84 Å². The van der Waals surface area contributed by atoms with Gasteiger partial charge in [-0.2, -0.15) is 5.10 Å². The Bertz CT molecular complexity index is 1130. The van der Waals surface area contributed by atoms with E-state index in [0.29, 0.717) is 18.0 Å². The molecule has 30 heavy (non-hydrogen) atoms. The van der Waals surface area contributed by atoms with E-state index >= 15 is 0 Å². The molecule has 3 aromatic rings. The normalized spacial score (nSPS) is 15.5. The van der Waals surface area contributed by atoms with Crippen LogP contribution in [0.5, 0.6) is 5.75 Å². The molecule has 1 aliphatic heterocycles. The predicted molar refractivity (Wildman–Crippen MR) is 116 cm³/mol. The number of nitrogens with zero attached hydrogens (tertiary/aromatic N) is 2. The number of ether oxygens (including phenoxy) is 1. The second-order valence-electron chi connectivity index (χ2n) is 7.61. The van der Waals surface area contributed by atoms with Crippen LogP contribution in [0, 0.1) is 20.8 Å². The molecule has 6 heteroatoms. The van der Waals surface area contributed by atoms with Gasteiger partial charge in [-0.15, -0.1) is 0 Å². The molecular weight excluding hydrogens is 378 g/mol. The number of aromatic nitrogens is 2. The van der Waals surface area contributed by atoms with Crippen molar-refractivity contribution in [3.05, 3.63) is 70.4 Å². The number of amides is 1. The minimum Gasteiger partial charge on any atom is -0.494 e. The van der Waals surface area contributed by atoms with Crippen molar-refractivity contribution >= 4 is 17.5 Å². The van der Waals surface area contributed by atoms with Crippen molar-refractivity contribution in [2.24, 2.45) is 0 Å². The Balaban J connectivity index is 1.77. The third-order valence-corrected chi connectivity index (χ3v) is 5.67. The molecule has 2 heterocycles. The van der Waals surface area contributed by atoms with E-state index in [-0.39, 0.29) is 18.1 Å². The molecule has 0 fully saturated rings. The maximum Gasteiger partial charge on any atom is 0.226 e. The molecule has 0 radical (unpaired) electrons. The maximum absolute atomic E-state index is 13.3.